The minimum absolute atomic E-state index is 0.0200. The van der Waals surface area contributed by atoms with Crippen LogP contribution in [0.4, 0.5) is 11.4 Å². The van der Waals surface area contributed by atoms with Crippen molar-refractivity contribution >= 4 is 27.3 Å². The number of nitrogens with one attached hydrogen (secondary N) is 3. The lowest BCUT2D eigenvalue weighted by Gasteiger charge is -2.15. The molecule has 0 saturated heterocycles. The van der Waals surface area contributed by atoms with E-state index in [4.69, 9.17) is 4.74 Å². The van der Waals surface area contributed by atoms with Crippen molar-refractivity contribution in [1.29, 1.82) is 0 Å². The molecule has 1 aliphatic rings. The predicted molar refractivity (Wildman–Crippen MR) is 109 cm³/mol. The summed E-state index contributed by atoms with van der Waals surface area (Å²) >= 11 is 0. The van der Waals surface area contributed by atoms with Crippen molar-refractivity contribution in [3.8, 4) is 5.75 Å². The Labute approximate surface area is 165 Å². The second-order valence-corrected chi connectivity index (χ2v) is 8.64. The molecule has 0 radical (unpaired) electrons. The lowest BCUT2D eigenvalue weighted by Crippen LogP contribution is -2.26. The molecule has 0 aliphatic heterocycles. The van der Waals surface area contributed by atoms with E-state index >= 15 is 0 Å². The lowest BCUT2D eigenvalue weighted by atomic mass is 10.1. The Bertz CT molecular complexity index is 965. The van der Waals surface area contributed by atoms with Gasteiger partial charge in [-0.15, -0.1) is 0 Å². The second kappa shape index (κ2) is 8.20. The number of sulfonamides is 1. The van der Waals surface area contributed by atoms with Crippen LogP contribution < -0.4 is 20.1 Å². The molecular formula is C20H25N3O4S. The number of aryl methyl sites for hydroxylation is 2. The van der Waals surface area contributed by atoms with E-state index in [1.807, 2.05) is 32.0 Å². The zero-order chi connectivity index (χ0) is 20.3. The van der Waals surface area contributed by atoms with E-state index < -0.39 is 10.0 Å². The highest BCUT2D eigenvalue weighted by Crippen LogP contribution is 2.29. The van der Waals surface area contributed by atoms with E-state index in [1.165, 1.54) is 19.2 Å². The van der Waals surface area contributed by atoms with Crippen LogP contribution in [0.2, 0.25) is 0 Å². The molecule has 2 aromatic carbocycles. The van der Waals surface area contributed by atoms with E-state index in [-0.39, 0.29) is 23.4 Å². The van der Waals surface area contributed by atoms with E-state index in [1.54, 1.807) is 6.07 Å². The maximum Gasteiger partial charge on any atom is 0.243 e. The van der Waals surface area contributed by atoms with Crippen LogP contribution in [-0.2, 0) is 14.8 Å². The van der Waals surface area contributed by atoms with Crippen LogP contribution in [0, 0.1) is 13.8 Å². The first kappa shape index (κ1) is 20.2. The number of carbonyl (C=O) groups is 1. The number of anilines is 2. The van der Waals surface area contributed by atoms with Gasteiger partial charge in [0, 0.05) is 11.7 Å². The third-order valence-electron chi connectivity index (χ3n) is 4.57. The van der Waals surface area contributed by atoms with Crippen LogP contribution >= 0.6 is 0 Å². The summed E-state index contributed by atoms with van der Waals surface area (Å²) in [6.45, 7) is 3.84. The van der Waals surface area contributed by atoms with Gasteiger partial charge in [0.15, 0.2) is 0 Å². The van der Waals surface area contributed by atoms with Crippen LogP contribution in [0.15, 0.2) is 41.3 Å². The van der Waals surface area contributed by atoms with Crippen molar-refractivity contribution in [1.82, 2.24) is 4.72 Å². The Morgan fingerprint density at radius 2 is 1.82 bits per heavy atom. The van der Waals surface area contributed by atoms with Crippen LogP contribution in [0.1, 0.15) is 24.0 Å². The van der Waals surface area contributed by atoms with Gasteiger partial charge >= 0.3 is 0 Å². The molecule has 150 valence electrons. The highest BCUT2D eigenvalue weighted by Gasteiger charge is 2.28. The normalized spacial score (nSPS) is 13.8. The smallest absolute Gasteiger partial charge is 0.243 e. The monoisotopic (exact) mass is 403 g/mol. The van der Waals surface area contributed by atoms with Crippen molar-refractivity contribution in [2.24, 2.45) is 0 Å². The van der Waals surface area contributed by atoms with E-state index in [9.17, 15) is 13.2 Å². The van der Waals surface area contributed by atoms with Gasteiger partial charge in [-0.05, 0) is 56.0 Å². The average molecular weight is 404 g/mol. The fraction of sp³-hybridized carbons (Fsp3) is 0.350. The Hall–Kier alpha value is -2.58. The van der Waals surface area contributed by atoms with Crippen LogP contribution in [0.5, 0.6) is 5.75 Å². The van der Waals surface area contributed by atoms with Crippen molar-refractivity contribution in [2.45, 2.75) is 37.6 Å². The Kier molecular flexibility index (Phi) is 5.90. The van der Waals surface area contributed by atoms with E-state index in [0.717, 1.165) is 29.7 Å². The third-order valence-corrected chi connectivity index (χ3v) is 6.08. The summed E-state index contributed by atoms with van der Waals surface area (Å²) in [5.41, 5.74) is 3.18. The number of methoxy groups -OCH3 is 1. The molecule has 1 fully saturated rings. The molecule has 3 N–H and O–H groups in total. The van der Waals surface area contributed by atoms with Crippen molar-refractivity contribution < 1.29 is 17.9 Å². The van der Waals surface area contributed by atoms with E-state index in [2.05, 4.69) is 15.4 Å². The van der Waals surface area contributed by atoms with Gasteiger partial charge in [-0.2, -0.15) is 0 Å². The second-order valence-electron chi connectivity index (χ2n) is 6.93. The fourth-order valence-corrected chi connectivity index (χ4v) is 4.18. The largest absolute Gasteiger partial charge is 0.495 e. The maximum atomic E-state index is 12.4. The first-order valence-corrected chi connectivity index (χ1v) is 10.6. The quantitative estimate of drug-likeness (QED) is 0.630. The topological polar surface area (TPSA) is 96.5 Å². The number of amides is 1. The van der Waals surface area contributed by atoms with Gasteiger partial charge in [-0.1, -0.05) is 18.2 Å². The number of hydrogen-bond acceptors (Lipinski definition) is 5. The molecule has 8 heteroatoms. The molecule has 0 unspecified atom stereocenters. The molecule has 0 heterocycles. The van der Waals surface area contributed by atoms with E-state index in [0.29, 0.717) is 11.4 Å². The Balaban J connectivity index is 1.72. The molecule has 0 aromatic heterocycles. The Morgan fingerprint density at radius 3 is 2.43 bits per heavy atom. The number of ether oxygens (including phenoxy) is 1. The van der Waals surface area contributed by atoms with Crippen molar-refractivity contribution in [2.75, 3.05) is 24.3 Å². The molecule has 3 rings (SSSR count). The molecule has 0 spiro atoms. The maximum absolute atomic E-state index is 12.4. The first-order valence-electron chi connectivity index (χ1n) is 9.10. The number of hydrogen-bond donors (Lipinski definition) is 3. The molecule has 0 bridgehead atoms. The summed E-state index contributed by atoms with van der Waals surface area (Å²) in [7, 11) is -2.10. The van der Waals surface area contributed by atoms with Gasteiger partial charge in [0.1, 0.15) is 5.75 Å². The van der Waals surface area contributed by atoms with Crippen molar-refractivity contribution in [3.05, 3.63) is 47.5 Å². The van der Waals surface area contributed by atoms with Gasteiger partial charge in [0.05, 0.1) is 24.2 Å². The lowest BCUT2D eigenvalue weighted by molar-refractivity contribution is -0.114. The zero-order valence-electron chi connectivity index (χ0n) is 16.2. The number of rotatable bonds is 8. The van der Waals surface area contributed by atoms with Gasteiger partial charge in [-0.25, -0.2) is 13.1 Å². The summed E-state index contributed by atoms with van der Waals surface area (Å²) in [6.07, 6.45) is 1.72. The SMILES string of the molecule is COc1ccc(S(=O)(=O)NC2CC2)cc1NCC(=O)Nc1c(C)cccc1C. The molecule has 1 aliphatic carbocycles. The fourth-order valence-electron chi connectivity index (χ4n) is 2.85. The number of para-hydroxylation sites is 1. The summed E-state index contributed by atoms with van der Waals surface area (Å²) in [5, 5.41) is 5.87. The Morgan fingerprint density at radius 1 is 1.14 bits per heavy atom. The molecule has 28 heavy (non-hydrogen) atoms. The molecule has 1 amide bonds. The highest BCUT2D eigenvalue weighted by atomic mass is 32.2. The van der Waals surface area contributed by atoms with Gasteiger partial charge < -0.3 is 15.4 Å². The van der Waals surface area contributed by atoms with Gasteiger partial charge in [-0.3, -0.25) is 4.79 Å². The van der Waals surface area contributed by atoms with Gasteiger partial charge in [0.25, 0.3) is 0 Å². The standard InChI is InChI=1S/C20H25N3O4S/c1-13-5-4-6-14(2)20(13)22-19(24)12-21-17-11-16(9-10-18(17)27-3)28(25,26)23-15-7-8-15/h4-6,9-11,15,21,23H,7-8,12H2,1-3H3,(H,22,24). The molecule has 2 aromatic rings. The predicted octanol–water partition coefficient (Wildman–Crippen LogP) is 2.80. The van der Waals surface area contributed by atoms with Crippen LogP contribution in [0.3, 0.4) is 0 Å². The summed E-state index contributed by atoms with van der Waals surface area (Å²) in [4.78, 5) is 12.5. The average Bonchev–Trinajstić information content (AvgIpc) is 3.46. The number of benzene rings is 2. The van der Waals surface area contributed by atoms with Gasteiger partial charge in [0.2, 0.25) is 15.9 Å². The highest BCUT2D eigenvalue weighted by molar-refractivity contribution is 7.89. The molecule has 1 saturated carbocycles. The summed E-state index contributed by atoms with van der Waals surface area (Å²) in [6, 6.07) is 10.4. The molecular weight excluding hydrogens is 378 g/mol. The molecule has 0 atom stereocenters. The third kappa shape index (κ3) is 4.82. The van der Waals surface area contributed by atoms with Crippen molar-refractivity contribution in [3.63, 3.8) is 0 Å². The molecule has 7 nitrogen and oxygen atoms in total. The number of carbonyl (C=O) groups excluding carboxylic acids is 1. The minimum atomic E-state index is -3.59. The minimum Gasteiger partial charge on any atom is -0.495 e. The van der Waals surface area contributed by atoms with Crippen LogP contribution in [0.25, 0.3) is 0 Å². The summed E-state index contributed by atoms with van der Waals surface area (Å²) < 4.78 is 32.8. The summed E-state index contributed by atoms with van der Waals surface area (Å²) in [5.74, 6) is 0.231. The van der Waals surface area contributed by atoms with Crippen LogP contribution in [-0.4, -0.2) is 34.0 Å². The zero-order valence-corrected chi connectivity index (χ0v) is 17.0. The first-order chi connectivity index (χ1) is 13.3.